The normalized spacial score (nSPS) is 16.7. The number of amides is 2. The lowest BCUT2D eigenvalue weighted by Gasteiger charge is -2.25. The van der Waals surface area contributed by atoms with Crippen molar-refractivity contribution in [2.75, 3.05) is 23.8 Å². The number of anilines is 3. The van der Waals surface area contributed by atoms with Crippen LogP contribution in [0.4, 0.5) is 39.4 Å². The third-order valence-electron chi connectivity index (χ3n) is 8.24. The van der Waals surface area contributed by atoms with Gasteiger partial charge in [-0.05, 0) is 49.4 Å². The Morgan fingerprint density at radius 1 is 1.14 bits per heavy atom. The van der Waals surface area contributed by atoms with Gasteiger partial charge in [0.25, 0.3) is 12.3 Å². The van der Waals surface area contributed by atoms with Crippen molar-refractivity contribution in [1.82, 2.24) is 25.2 Å². The molecule has 2 amide bonds. The summed E-state index contributed by atoms with van der Waals surface area (Å²) >= 11 is 6.40. The molecule has 238 valence electrons. The monoisotopic (exact) mass is 641 g/mol. The lowest BCUT2D eigenvalue weighted by Crippen LogP contribution is -2.40. The molecule has 0 bridgehead atoms. The van der Waals surface area contributed by atoms with Crippen molar-refractivity contribution in [3.63, 3.8) is 0 Å². The number of benzene rings is 1. The minimum atomic E-state index is -4.61. The first kappa shape index (κ1) is 31.7. The van der Waals surface area contributed by atoms with E-state index < -0.39 is 36.4 Å². The zero-order valence-electron chi connectivity index (χ0n) is 24.2. The van der Waals surface area contributed by atoms with E-state index in [-0.39, 0.29) is 47.8 Å². The molecule has 0 aliphatic heterocycles. The number of hydrogen-bond acceptors (Lipinski definition) is 6. The molecule has 3 N–H and O–H groups in total. The molecule has 15 heteroatoms. The fourth-order valence-corrected chi connectivity index (χ4v) is 5.65. The van der Waals surface area contributed by atoms with Crippen molar-refractivity contribution in [3.8, 4) is 0 Å². The Balaban J connectivity index is 1.40. The Morgan fingerprint density at radius 2 is 1.84 bits per heavy atom. The Labute approximate surface area is 255 Å². The minimum absolute atomic E-state index is 0.0105. The molecule has 0 atom stereocenters. The van der Waals surface area contributed by atoms with E-state index in [0.29, 0.717) is 22.4 Å². The van der Waals surface area contributed by atoms with Gasteiger partial charge in [0.2, 0.25) is 11.9 Å². The number of imidazole rings is 1. The third-order valence-corrected chi connectivity index (χ3v) is 8.57. The molecule has 2 aliphatic carbocycles. The predicted molar refractivity (Wildman–Crippen MR) is 156 cm³/mol. The quantitative estimate of drug-likeness (QED) is 0.232. The summed E-state index contributed by atoms with van der Waals surface area (Å²) in [5.74, 6) is -1.13. The molecule has 2 heterocycles. The molecule has 1 aromatic carbocycles. The molecular formula is C29H33ClF5N7O2. The van der Waals surface area contributed by atoms with E-state index in [9.17, 15) is 31.5 Å². The first-order valence-electron chi connectivity index (χ1n) is 14.4. The Kier molecular flexibility index (Phi) is 8.92. The van der Waals surface area contributed by atoms with Crippen LogP contribution in [-0.4, -0.2) is 58.6 Å². The number of hydrogen-bond donors (Lipinski definition) is 3. The number of fused-ring (bicyclic) bond motifs is 1. The number of rotatable bonds is 10. The summed E-state index contributed by atoms with van der Waals surface area (Å²) in [5.41, 5.74) is -0.691. The van der Waals surface area contributed by atoms with Crippen LogP contribution in [0.25, 0.3) is 11.2 Å². The molecule has 0 saturated heterocycles. The molecule has 2 fully saturated rings. The molecule has 44 heavy (non-hydrogen) atoms. The average Bonchev–Trinajstić information content (AvgIpc) is 3.74. The van der Waals surface area contributed by atoms with Crippen LogP contribution < -0.4 is 20.9 Å². The molecule has 9 nitrogen and oxygen atoms in total. The van der Waals surface area contributed by atoms with Crippen molar-refractivity contribution >= 4 is 52.0 Å². The van der Waals surface area contributed by atoms with Crippen molar-refractivity contribution in [1.29, 1.82) is 0 Å². The zero-order valence-corrected chi connectivity index (χ0v) is 25.0. The van der Waals surface area contributed by atoms with Crippen molar-refractivity contribution in [3.05, 3.63) is 40.4 Å². The maximum atomic E-state index is 13.3. The van der Waals surface area contributed by atoms with Gasteiger partial charge >= 0.3 is 6.18 Å². The van der Waals surface area contributed by atoms with Gasteiger partial charge in [-0.2, -0.15) is 13.2 Å². The Bertz CT molecular complexity index is 1550. The Hall–Kier alpha value is -3.68. The lowest BCUT2D eigenvalue weighted by molar-refractivity contribution is -0.192. The molecule has 5 rings (SSSR count). The summed E-state index contributed by atoms with van der Waals surface area (Å²) in [4.78, 5) is 36.0. The molecule has 3 aromatic rings. The third kappa shape index (κ3) is 6.54. The van der Waals surface area contributed by atoms with Crippen LogP contribution in [-0.2, 0) is 18.4 Å². The molecule has 2 aromatic heterocycles. The Morgan fingerprint density at radius 3 is 2.48 bits per heavy atom. The SMILES string of the molecule is CN(CC(F)F)c1nc2c(cc1C(=O)NC1CCCCC1)nc(Nc1cc(CNC(=O)C3(C(F)(F)F)CC3)ccc1Cl)n2C. The number of halogens is 6. The second kappa shape index (κ2) is 12.4. The first-order valence-corrected chi connectivity index (χ1v) is 14.7. The van der Waals surface area contributed by atoms with E-state index in [1.165, 1.54) is 24.1 Å². The highest BCUT2D eigenvalue weighted by Crippen LogP contribution is 2.57. The number of nitrogens with one attached hydrogen (secondary N) is 3. The largest absolute Gasteiger partial charge is 0.403 e. The predicted octanol–water partition coefficient (Wildman–Crippen LogP) is 6.09. The van der Waals surface area contributed by atoms with E-state index in [2.05, 4.69) is 25.9 Å². The number of carbonyl (C=O) groups is 2. The summed E-state index contributed by atoms with van der Waals surface area (Å²) in [6, 6.07) is 6.20. The number of alkyl halides is 5. The fourth-order valence-electron chi connectivity index (χ4n) is 5.49. The molecular weight excluding hydrogens is 609 g/mol. The highest BCUT2D eigenvalue weighted by molar-refractivity contribution is 6.33. The molecule has 2 aliphatic rings. The minimum Gasteiger partial charge on any atom is -0.353 e. The van der Waals surface area contributed by atoms with Gasteiger partial charge in [0.05, 0.1) is 22.8 Å². The van der Waals surface area contributed by atoms with Gasteiger partial charge in [-0.3, -0.25) is 14.2 Å². The second-order valence-corrected chi connectivity index (χ2v) is 11.9. The van der Waals surface area contributed by atoms with Crippen LogP contribution >= 0.6 is 11.6 Å². The average molecular weight is 642 g/mol. The summed E-state index contributed by atoms with van der Waals surface area (Å²) in [5, 5.41) is 8.73. The lowest BCUT2D eigenvalue weighted by atomic mass is 9.95. The number of pyridine rings is 1. The van der Waals surface area contributed by atoms with E-state index in [1.807, 2.05) is 0 Å². The summed E-state index contributed by atoms with van der Waals surface area (Å²) in [6.45, 7) is -0.778. The summed E-state index contributed by atoms with van der Waals surface area (Å²) in [6.07, 6.45) is -2.95. The first-order chi connectivity index (χ1) is 20.8. The van der Waals surface area contributed by atoms with Crippen molar-refractivity contribution in [2.24, 2.45) is 12.5 Å². The number of aromatic nitrogens is 3. The van der Waals surface area contributed by atoms with Crippen molar-refractivity contribution in [2.45, 2.75) is 70.1 Å². The van der Waals surface area contributed by atoms with Crippen LogP contribution in [0.1, 0.15) is 60.9 Å². The maximum absolute atomic E-state index is 13.3. The standard InChI is InChI=1S/C29H33ClF5N7O2/c1-41(15-22(31)32)23-18(25(43)37-17-6-4-3-5-7-17)13-21-24(40-23)42(2)27(39-21)38-20-12-16(8-9-19(20)30)14-36-26(44)28(10-11-28)29(33,34)35/h8-9,12-13,17,22H,3-7,10-11,14-15H2,1-2H3,(H,36,44)(H,37,43)(H,38,39). The van der Waals surface area contributed by atoms with Crippen molar-refractivity contribution < 1.29 is 31.5 Å². The smallest absolute Gasteiger partial charge is 0.353 e. The molecule has 2 saturated carbocycles. The van der Waals surface area contributed by atoms with Gasteiger partial charge in [-0.25, -0.2) is 18.7 Å². The highest BCUT2D eigenvalue weighted by atomic mass is 35.5. The number of carbonyl (C=O) groups excluding carboxylic acids is 2. The van der Waals surface area contributed by atoms with Gasteiger partial charge in [0, 0.05) is 26.7 Å². The second-order valence-electron chi connectivity index (χ2n) is 11.5. The van der Waals surface area contributed by atoms with E-state index in [4.69, 9.17) is 11.6 Å². The molecule has 0 unspecified atom stereocenters. The van der Waals surface area contributed by atoms with Gasteiger partial charge in [0.1, 0.15) is 16.7 Å². The summed E-state index contributed by atoms with van der Waals surface area (Å²) in [7, 11) is 3.09. The van der Waals surface area contributed by atoms with E-state index in [1.54, 1.807) is 23.7 Å². The van der Waals surface area contributed by atoms with Gasteiger partial charge in [-0.1, -0.05) is 36.9 Å². The van der Waals surface area contributed by atoms with E-state index in [0.717, 1.165) is 32.1 Å². The maximum Gasteiger partial charge on any atom is 0.403 e. The van der Waals surface area contributed by atoms with Crippen LogP contribution in [0.2, 0.25) is 5.02 Å². The van der Waals surface area contributed by atoms with Crippen LogP contribution in [0.5, 0.6) is 0 Å². The van der Waals surface area contributed by atoms with Crippen LogP contribution in [0, 0.1) is 5.41 Å². The van der Waals surface area contributed by atoms with E-state index >= 15 is 0 Å². The van der Waals surface area contributed by atoms with Gasteiger partial charge in [0.15, 0.2) is 5.65 Å². The van der Waals surface area contributed by atoms with Gasteiger partial charge in [-0.15, -0.1) is 0 Å². The van der Waals surface area contributed by atoms with Crippen LogP contribution in [0.15, 0.2) is 24.3 Å². The molecule has 0 radical (unpaired) electrons. The number of aryl methyl sites for hydroxylation is 1. The van der Waals surface area contributed by atoms with Crippen LogP contribution in [0.3, 0.4) is 0 Å². The highest BCUT2D eigenvalue weighted by Gasteiger charge is 2.68. The molecule has 0 spiro atoms. The zero-order chi connectivity index (χ0) is 31.8. The number of nitrogens with zero attached hydrogens (tertiary/aromatic N) is 4. The van der Waals surface area contributed by atoms with Gasteiger partial charge < -0.3 is 20.9 Å². The fraction of sp³-hybridized carbons (Fsp3) is 0.517. The topological polar surface area (TPSA) is 104 Å². The summed E-state index contributed by atoms with van der Waals surface area (Å²) < 4.78 is 68.1.